The molecule has 4 nitrogen and oxygen atoms in total. The molecule has 0 fully saturated rings. The number of hydrogen-bond donors (Lipinski definition) is 0. The molecule has 0 spiro atoms. The van der Waals surface area contributed by atoms with E-state index in [1.807, 2.05) is 6.07 Å². The van der Waals surface area contributed by atoms with Crippen LogP contribution in [-0.2, 0) is 14.3 Å². The van der Waals surface area contributed by atoms with E-state index in [0.717, 1.165) is 0 Å². The molecular weight excluding hydrogens is 206 g/mol. The highest BCUT2D eigenvalue weighted by atomic mass is 16.5. The largest absolute Gasteiger partial charge is 0.496 e. The number of benzene rings is 1. The van der Waals surface area contributed by atoms with Crippen LogP contribution in [0, 0.1) is 11.3 Å². The Morgan fingerprint density at radius 2 is 2.12 bits per heavy atom. The highest BCUT2D eigenvalue weighted by Gasteiger charge is 2.05. The molecule has 0 aliphatic rings. The van der Waals surface area contributed by atoms with E-state index in [0.29, 0.717) is 16.9 Å². The van der Waals surface area contributed by atoms with Crippen molar-refractivity contribution in [2.75, 3.05) is 14.2 Å². The van der Waals surface area contributed by atoms with Crippen molar-refractivity contribution in [3.05, 3.63) is 41.5 Å². The van der Waals surface area contributed by atoms with Gasteiger partial charge in [0, 0.05) is 5.56 Å². The third-order valence-corrected chi connectivity index (χ3v) is 1.95. The van der Waals surface area contributed by atoms with E-state index in [2.05, 4.69) is 4.74 Å². The van der Waals surface area contributed by atoms with E-state index < -0.39 is 5.97 Å². The summed E-state index contributed by atoms with van der Waals surface area (Å²) in [5, 5.41) is 8.74. The van der Waals surface area contributed by atoms with Crippen molar-refractivity contribution in [3.8, 4) is 6.07 Å². The van der Waals surface area contributed by atoms with Crippen LogP contribution >= 0.6 is 0 Å². The molecule has 0 bridgehead atoms. The number of nitrogens with zero attached hydrogens (tertiary/aromatic N) is 1. The minimum absolute atomic E-state index is 0.365. The maximum Gasteiger partial charge on any atom is 0.334 e. The molecule has 0 unspecified atom stereocenters. The van der Waals surface area contributed by atoms with Crippen LogP contribution in [0.4, 0.5) is 0 Å². The van der Waals surface area contributed by atoms with Crippen LogP contribution in [0.25, 0.3) is 5.76 Å². The molecule has 0 aromatic heterocycles. The molecule has 0 heterocycles. The highest BCUT2D eigenvalue weighted by Crippen LogP contribution is 2.16. The Labute approximate surface area is 93.7 Å². The van der Waals surface area contributed by atoms with Gasteiger partial charge in [-0.1, -0.05) is 12.1 Å². The van der Waals surface area contributed by atoms with Gasteiger partial charge < -0.3 is 9.47 Å². The van der Waals surface area contributed by atoms with Crippen LogP contribution in [0.1, 0.15) is 11.1 Å². The van der Waals surface area contributed by atoms with Gasteiger partial charge in [0.15, 0.2) is 0 Å². The van der Waals surface area contributed by atoms with Gasteiger partial charge in [0.25, 0.3) is 0 Å². The molecule has 0 N–H and O–H groups in total. The standard InChI is InChI=1S/C12H11NO3/c1-15-11(7-12(14)16-2)10-5-3-4-9(6-10)8-13/h3-7H,1-2H3. The molecule has 1 rings (SSSR count). The summed E-state index contributed by atoms with van der Waals surface area (Å²) < 4.78 is 9.56. The molecule has 0 aliphatic carbocycles. The maximum absolute atomic E-state index is 11.1. The smallest absolute Gasteiger partial charge is 0.334 e. The van der Waals surface area contributed by atoms with Crippen molar-refractivity contribution in [3.63, 3.8) is 0 Å². The summed E-state index contributed by atoms with van der Waals surface area (Å²) in [6.45, 7) is 0. The van der Waals surface area contributed by atoms with Crippen molar-refractivity contribution in [2.45, 2.75) is 0 Å². The zero-order valence-corrected chi connectivity index (χ0v) is 9.06. The fourth-order valence-corrected chi connectivity index (χ4v) is 1.17. The quantitative estimate of drug-likeness (QED) is 0.439. The lowest BCUT2D eigenvalue weighted by Gasteiger charge is -2.05. The Hall–Kier alpha value is -2.28. The Morgan fingerprint density at radius 3 is 2.69 bits per heavy atom. The summed E-state index contributed by atoms with van der Waals surface area (Å²) in [5.74, 6) is -0.136. The topological polar surface area (TPSA) is 59.3 Å². The summed E-state index contributed by atoms with van der Waals surface area (Å²) in [7, 11) is 2.74. The molecule has 16 heavy (non-hydrogen) atoms. The van der Waals surface area contributed by atoms with Gasteiger partial charge in [-0.2, -0.15) is 5.26 Å². The molecule has 4 heteroatoms. The summed E-state index contributed by atoms with van der Waals surface area (Å²) >= 11 is 0. The highest BCUT2D eigenvalue weighted by molar-refractivity contribution is 5.89. The monoisotopic (exact) mass is 217 g/mol. The van der Waals surface area contributed by atoms with Gasteiger partial charge in [-0.25, -0.2) is 4.79 Å². The predicted molar refractivity (Wildman–Crippen MR) is 58.2 cm³/mol. The molecule has 1 aromatic carbocycles. The van der Waals surface area contributed by atoms with E-state index in [1.54, 1.807) is 24.3 Å². The van der Waals surface area contributed by atoms with Gasteiger partial charge in [-0.15, -0.1) is 0 Å². The van der Waals surface area contributed by atoms with Gasteiger partial charge in [-0.3, -0.25) is 0 Å². The Bertz CT molecular complexity index is 458. The van der Waals surface area contributed by atoms with Crippen molar-refractivity contribution in [2.24, 2.45) is 0 Å². The first-order chi connectivity index (χ1) is 7.71. The van der Waals surface area contributed by atoms with Crippen LogP contribution in [0.3, 0.4) is 0 Å². The fraction of sp³-hybridized carbons (Fsp3) is 0.167. The average molecular weight is 217 g/mol. The maximum atomic E-state index is 11.1. The second kappa shape index (κ2) is 5.56. The van der Waals surface area contributed by atoms with Gasteiger partial charge in [0.2, 0.25) is 0 Å². The number of nitriles is 1. The minimum atomic E-state index is -0.501. The number of carbonyl (C=O) groups is 1. The number of rotatable bonds is 3. The van der Waals surface area contributed by atoms with Crippen molar-refractivity contribution < 1.29 is 14.3 Å². The molecule has 82 valence electrons. The van der Waals surface area contributed by atoms with Crippen LogP contribution < -0.4 is 0 Å². The molecule has 0 radical (unpaired) electrons. The summed E-state index contributed by atoms with van der Waals surface area (Å²) in [6.07, 6.45) is 1.23. The first kappa shape index (κ1) is 11.8. The van der Waals surface area contributed by atoms with E-state index in [4.69, 9.17) is 10.00 Å². The molecule has 0 aliphatic heterocycles. The number of carbonyl (C=O) groups excluding carboxylic acids is 1. The predicted octanol–water partition coefficient (Wildman–Crippen LogP) is 1.72. The minimum Gasteiger partial charge on any atom is -0.496 e. The Balaban J connectivity index is 3.09. The lowest BCUT2D eigenvalue weighted by atomic mass is 10.1. The van der Waals surface area contributed by atoms with E-state index in [1.165, 1.54) is 20.3 Å². The number of esters is 1. The number of hydrogen-bond acceptors (Lipinski definition) is 4. The lowest BCUT2D eigenvalue weighted by molar-refractivity contribution is -0.134. The molecule has 0 amide bonds. The second-order valence-electron chi connectivity index (χ2n) is 2.93. The first-order valence-electron chi connectivity index (χ1n) is 4.55. The number of ether oxygens (including phenoxy) is 2. The van der Waals surface area contributed by atoms with Gasteiger partial charge in [-0.05, 0) is 12.1 Å². The first-order valence-corrected chi connectivity index (χ1v) is 4.55. The lowest BCUT2D eigenvalue weighted by Crippen LogP contribution is -1.98. The zero-order valence-electron chi connectivity index (χ0n) is 9.06. The third-order valence-electron chi connectivity index (χ3n) is 1.95. The fourth-order valence-electron chi connectivity index (χ4n) is 1.17. The van der Waals surface area contributed by atoms with Crippen LogP contribution in [-0.4, -0.2) is 20.2 Å². The van der Waals surface area contributed by atoms with E-state index >= 15 is 0 Å². The van der Waals surface area contributed by atoms with Gasteiger partial charge in [0.05, 0.1) is 31.9 Å². The van der Waals surface area contributed by atoms with Crippen LogP contribution in [0.5, 0.6) is 0 Å². The molecule has 1 aromatic rings. The third kappa shape index (κ3) is 2.85. The Morgan fingerprint density at radius 1 is 1.38 bits per heavy atom. The summed E-state index contributed by atoms with van der Waals surface area (Å²) in [6, 6.07) is 8.80. The normalized spacial score (nSPS) is 10.4. The van der Waals surface area contributed by atoms with Gasteiger partial charge >= 0.3 is 5.97 Å². The molecule has 0 atom stereocenters. The van der Waals surface area contributed by atoms with Crippen molar-refractivity contribution in [1.82, 2.24) is 0 Å². The molecule has 0 saturated carbocycles. The summed E-state index contributed by atoms with van der Waals surface area (Å²) in [5.41, 5.74) is 1.16. The van der Waals surface area contributed by atoms with Gasteiger partial charge in [0.1, 0.15) is 5.76 Å². The Kier molecular flexibility index (Phi) is 4.10. The van der Waals surface area contributed by atoms with E-state index in [9.17, 15) is 4.79 Å². The summed E-state index contributed by atoms with van der Waals surface area (Å²) in [4.78, 5) is 11.1. The van der Waals surface area contributed by atoms with Crippen LogP contribution in [0.2, 0.25) is 0 Å². The molecule has 0 saturated heterocycles. The zero-order chi connectivity index (χ0) is 12.0. The second-order valence-corrected chi connectivity index (χ2v) is 2.93. The SMILES string of the molecule is COC(=O)C=C(OC)c1cccc(C#N)c1. The molecular formula is C12H11NO3. The van der Waals surface area contributed by atoms with Crippen LogP contribution in [0.15, 0.2) is 30.3 Å². The average Bonchev–Trinajstić information content (AvgIpc) is 2.35. The van der Waals surface area contributed by atoms with Crippen molar-refractivity contribution >= 4 is 11.7 Å². The van der Waals surface area contributed by atoms with E-state index in [-0.39, 0.29) is 0 Å². The number of methoxy groups -OCH3 is 2. The van der Waals surface area contributed by atoms with Crippen molar-refractivity contribution in [1.29, 1.82) is 5.26 Å².